The van der Waals surface area contributed by atoms with Crippen molar-refractivity contribution in [2.24, 2.45) is 11.8 Å². The molecule has 0 aliphatic heterocycles. The van der Waals surface area contributed by atoms with Crippen LogP contribution in [0.3, 0.4) is 0 Å². The second kappa shape index (κ2) is 5.30. The van der Waals surface area contributed by atoms with Crippen LogP contribution in [0.25, 0.3) is 10.9 Å². The third-order valence-corrected chi connectivity index (χ3v) is 4.29. The molecule has 100 valence electrons. The Morgan fingerprint density at radius 1 is 1.32 bits per heavy atom. The molecular weight excluding hydrogens is 232 g/mol. The number of rotatable bonds is 5. The molecule has 2 unspecified atom stereocenters. The summed E-state index contributed by atoms with van der Waals surface area (Å²) >= 11 is 0. The molecule has 1 aliphatic carbocycles. The summed E-state index contributed by atoms with van der Waals surface area (Å²) in [4.78, 5) is 4.61. The first-order chi connectivity index (χ1) is 9.29. The number of benzene rings is 1. The van der Waals surface area contributed by atoms with E-state index < -0.39 is 0 Å². The zero-order valence-corrected chi connectivity index (χ0v) is 11.8. The summed E-state index contributed by atoms with van der Waals surface area (Å²) < 4.78 is 0. The zero-order valence-electron chi connectivity index (χ0n) is 11.8. The molecule has 0 spiro atoms. The van der Waals surface area contributed by atoms with Crippen LogP contribution in [-0.2, 0) is 0 Å². The maximum atomic E-state index is 4.61. The molecule has 2 atom stereocenters. The van der Waals surface area contributed by atoms with Gasteiger partial charge in [0.15, 0.2) is 0 Å². The number of hydrogen-bond acceptors (Lipinski definition) is 2. The molecule has 2 heteroatoms. The SMILES string of the molecule is CCNC(c1cnc2ccccc2c1)C(C)C1CC1. The minimum absolute atomic E-state index is 0.439. The molecule has 19 heavy (non-hydrogen) atoms. The summed E-state index contributed by atoms with van der Waals surface area (Å²) in [5, 5.41) is 4.89. The van der Waals surface area contributed by atoms with Crippen LogP contribution < -0.4 is 5.32 Å². The van der Waals surface area contributed by atoms with Gasteiger partial charge in [0, 0.05) is 17.6 Å². The molecule has 1 saturated carbocycles. The molecule has 1 aromatic carbocycles. The highest BCUT2D eigenvalue weighted by molar-refractivity contribution is 5.78. The van der Waals surface area contributed by atoms with E-state index in [1.54, 1.807) is 0 Å². The van der Waals surface area contributed by atoms with Crippen LogP contribution in [0, 0.1) is 11.8 Å². The van der Waals surface area contributed by atoms with Gasteiger partial charge in [0.1, 0.15) is 0 Å². The van der Waals surface area contributed by atoms with E-state index in [0.717, 1.165) is 18.0 Å². The van der Waals surface area contributed by atoms with Gasteiger partial charge in [0.25, 0.3) is 0 Å². The molecule has 3 rings (SSSR count). The largest absolute Gasteiger partial charge is 0.310 e. The third-order valence-electron chi connectivity index (χ3n) is 4.29. The summed E-state index contributed by atoms with van der Waals surface area (Å²) in [7, 11) is 0. The quantitative estimate of drug-likeness (QED) is 0.874. The van der Waals surface area contributed by atoms with Gasteiger partial charge < -0.3 is 5.32 Å². The van der Waals surface area contributed by atoms with Crippen molar-refractivity contribution in [3.05, 3.63) is 42.1 Å². The van der Waals surface area contributed by atoms with Crippen LogP contribution in [0.5, 0.6) is 0 Å². The fourth-order valence-electron chi connectivity index (χ4n) is 2.98. The lowest BCUT2D eigenvalue weighted by Crippen LogP contribution is -2.28. The van der Waals surface area contributed by atoms with Gasteiger partial charge in [-0.05, 0) is 48.9 Å². The number of nitrogens with zero attached hydrogens (tertiary/aromatic N) is 1. The van der Waals surface area contributed by atoms with E-state index >= 15 is 0 Å². The minimum Gasteiger partial charge on any atom is -0.310 e. The molecule has 2 aromatic rings. The number of pyridine rings is 1. The van der Waals surface area contributed by atoms with Crippen LogP contribution in [0.4, 0.5) is 0 Å². The van der Waals surface area contributed by atoms with Crippen molar-refractivity contribution in [1.29, 1.82) is 0 Å². The average molecular weight is 254 g/mol. The van der Waals surface area contributed by atoms with Gasteiger partial charge in [-0.25, -0.2) is 0 Å². The molecule has 0 bridgehead atoms. The maximum absolute atomic E-state index is 4.61. The second-order valence-corrected chi connectivity index (χ2v) is 5.69. The molecule has 1 heterocycles. The highest BCUT2D eigenvalue weighted by Gasteiger charge is 2.33. The molecule has 1 N–H and O–H groups in total. The van der Waals surface area contributed by atoms with Crippen molar-refractivity contribution in [1.82, 2.24) is 10.3 Å². The number of hydrogen-bond donors (Lipinski definition) is 1. The molecule has 1 aromatic heterocycles. The lowest BCUT2D eigenvalue weighted by atomic mass is 9.91. The van der Waals surface area contributed by atoms with Crippen molar-refractivity contribution in [3.63, 3.8) is 0 Å². The summed E-state index contributed by atoms with van der Waals surface area (Å²) in [6.07, 6.45) is 4.84. The minimum atomic E-state index is 0.439. The highest BCUT2D eigenvalue weighted by Crippen LogP contribution is 2.42. The molecule has 0 saturated heterocycles. The fourth-order valence-corrected chi connectivity index (χ4v) is 2.98. The lowest BCUT2D eigenvalue weighted by Gasteiger charge is -2.25. The molecular formula is C17H22N2. The van der Waals surface area contributed by atoms with E-state index in [9.17, 15) is 0 Å². The van der Waals surface area contributed by atoms with Crippen LogP contribution in [0.2, 0.25) is 0 Å². The second-order valence-electron chi connectivity index (χ2n) is 5.69. The molecule has 2 nitrogen and oxygen atoms in total. The Labute approximate surface area is 115 Å². The number of fused-ring (bicyclic) bond motifs is 1. The smallest absolute Gasteiger partial charge is 0.0702 e. The van der Waals surface area contributed by atoms with Gasteiger partial charge in [0.05, 0.1) is 5.52 Å². The molecule has 0 radical (unpaired) electrons. The van der Waals surface area contributed by atoms with Crippen LogP contribution >= 0.6 is 0 Å². The number of aromatic nitrogens is 1. The summed E-state index contributed by atoms with van der Waals surface area (Å²) in [6.45, 7) is 5.57. The van der Waals surface area contributed by atoms with Crippen molar-refractivity contribution >= 4 is 10.9 Å². The van der Waals surface area contributed by atoms with E-state index in [-0.39, 0.29) is 0 Å². The number of para-hydroxylation sites is 1. The highest BCUT2D eigenvalue weighted by atomic mass is 14.9. The number of nitrogens with one attached hydrogen (secondary N) is 1. The van der Waals surface area contributed by atoms with E-state index in [1.165, 1.54) is 23.8 Å². The van der Waals surface area contributed by atoms with E-state index in [4.69, 9.17) is 0 Å². The van der Waals surface area contributed by atoms with Gasteiger partial charge in [-0.15, -0.1) is 0 Å². The van der Waals surface area contributed by atoms with E-state index in [2.05, 4.69) is 54.6 Å². The molecule has 0 amide bonds. The Balaban J connectivity index is 1.94. The Morgan fingerprint density at radius 2 is 2.11 bits per heavy atom. The molecule has 1 aliphatic rings. The van der Waals surface area contributed by atoms with Crippen molar-refractivity contribution in [3.8, 4) is 0 Å². The predicted octanol–water partition coefficient (Wildman–Crippen LogP) is 3.93. The van der Waals surface area contributed by atoms with Gasteiger partial charge in [0.2, 0.25) is 0 Å². The Hall–Kier alpha value is -1.41. The van der Waals surface area contributed by atoms with Gasteiger partial charge in [-0.3, -0.25) is 4.98 Å². The Kier molecular flexibility index (Phi) is 3.52. The van der Waals surface area contributed by atoms with Crippen molar-refractivity contribution in [2.45, 2.75) is 32.7 Å². The van der Waals surface area contributed by atoms with E-state index in [0.29, 0.717) is 12.0 Å². The normalized spacial score (nSPS) is 18.4. The van der Waals surface area contributed by atoms with Crippen molar-refractivity contribution < 1.29 is 0 Å². The predicted molar refractivity (Wildman–Crippen MR) is 80.0 cm³/mol. The average Bonchev–Trinajstić information content (AvgIpc) is 3.28. The fraction of sp³-hybridized carbons (Fsp3) is 0.471. The van der Waals surface area contributed by atoms with Gasteiger partial charge in [-0.1, -0.05) is 32.0 Å². The standard InChI is InChI=1S/C17H22N2/c1-3-18-17(12(2)13-8-9-13)15-10-14-6-4-5-7-16(14)19-11-15/h4-7,10-13,17-18H,3,8-9H2,1-2H3. The van der Waals surface area contributed by atoms with Crippen LogP contribution in [0.15, 0.2) is 36.5 Å². The summed E-state index contributed by atoms with van der Waals surface area (Å²) in [5.74, 6) is 1.60. The lowest BCUT2D eigenvalue weighted by molar-refractivity contribution is 0.355. The third kappa shape index (κ3) is 2.64. The first-order valence-electron chi connectivity index (χ1n) is 7.37. The first kappa shape index (κ1) is 12.6. The Bertz CT molecular complexity index is 560. The topological polar surface area (TPSA) is 24.9 Å². The van der Waals surface area contributed by atoms with Gasteiger partial charge in [-0.2, -0.15) is 0 Å². The van der Waals surface area contributed by atoms with E-state index in [1.807, 2.05) is 6.07 Å². The van der Waals surface area contributed by atoms with Crippen molar-refractivity contribution in [2.75, 3.05) is 6.54 Å². The van der Waals surface area contributed by atoms with Crippen LogP contribution in [0.1, 0.15) is 38.3 Å². The zero-order chi connectivity index (χ0) is 13.2. The summed E-state index contributed by atoms with van der Waals surface area (Å²) in [5.41, 5.74) is 2.42. The maximum Gasteiger partial charge on any atom is 0.0702 e. The van der Waals surface area contributed by atoms with Crippen LogP contribution in [-0.4, -0.2) is 11.5 Å². The van der Waals surface area contributed by atoms with Gasteiger partial charge >= 0.3 is 0 Å². The molecule has 1 fully saturated rings. The Morgan fingerprint density at radius 3 is 2.84 bits per heavy atom. The monoisotopic (exact) mass is 254 g/mol. The first-order valence-corrected chi connectivity index (χ1v) is 7.37. The summed E-state index contributed by atoms with van der Waals surface area (Å²) in [6, 6.07) is 11.1.